The van der Waals surface area contributed by atoms with Gasteiger partial charge in [-0.15, -0.1) is 0 Å². The first-order valence-corrected chi connectivity index (χ1v) is 10.1. The van der Waals surface area contributed by atoms with E-state index in [0.717, 1.165) is 47.7 Å². The Morgan fingerprint density at radius 3 is 2.72 bits per heavy atom. The monoisotopic (exact) mass is 386 g/mol. The SMILES string of the molecule is O=C(NCc1nn(C2CCCC2)c(=O)c2ccccc12)c1ccc2cc[nH]c2c1. The van der Waals surface area contributed by atoms with Gasteiger partial charge in [-0.25, -0.2) is 4.68 Å². The van der Waals surface area contributed by atoms with E-state index < -0.39 is 0 Å². The van der Waals surface area contributed by atoms with Gasteiger partial charge in [-0.3, -0.25) is 9.59 Å². The van der Waals surface area contributed by atoms with Crippen LogP contribution >= 0.6 is 0 Å². The van der Waals surface area contributed by atoms with Gasteiger partial charge in [0.05, 0.1) is 23.7 Å². The van der Waals surface area contributed by atoms with Gasteiger partial charge in [-0.05, 0) is 42.5 Å². The van der Waals surface area contributed by atoms with E-state index in [9.17, 15) is 9.59 Å². The average Bonchev–Trinajstić information content (AvgIpc) is 3.44. The largest absolute Gasteiger partial charge is 0.361 e. The van der Waals surface area contributed by atoms with Crippen LogP contribution in [0.3, 0.4) is 0 Å². The molecule has 2 N–H and O–H groups in total. The summed E-state index contributed by atoms with van der Waals surface area (Å²) in [6.07, 6.45) is 6.06. The zero-order valence-corrected chi connectivity index (χ0v) is 16.0. The van der Waals surface area contributed by atoms with E-state index >= 15 is 0 Å². The summed E-state index contributed by atoms with van der Waals surface area (Å²) >= 11 is 0. The molecule has 146 valence electrons. The number of nitrogens with one attached hydrogen (secondary N) is 2. The van der Waals surface area contributed by atoms with Crippen molar-refractivity contribution in [3.05, 3.63) is 76.3 Å². The highest BCUT2D eigenvalue weighted by Gasteiger charge is 2.21. The summed E-state index contributed by atoms with van der Waals surface area (Å²) in [4.78, 5) is 28.8. The average molecular weight is 386 g/mol. The smallest absolute Gasteiger partial charge is 0.274 e. The standard InChI is InChI=1S/C23H22N4O2/c28-22(16-10-9-15-11-12-24-20(15)13-16)25-14-21-18-7-3-4-8-19(18)23(29)27(26-21)17-5-1-2-6-17/h3-4,7-13,17,24H,1-2,5-6,14H2,(H,25,28). The number of nitrogens with zero attached hydrogens (tertiary/aromatic N) is 2. The predicted molar refractivity (Wildman–Crippen MR) is 113 cm³/mol. The van der Waals surface area contributed by atoms with Gasteiger partial charge in [-0.1, -0.05) is 37.1 Å². The fourth-order valence-corrected chi connectivity index (χ4v) is 4.26. The van der Waals surface area contributed by atoms with E-state index in [4.69, 9.17) is 0 Å². The van der Waals surface area contributed by atoms with Crippen LogP contribution in [0.5, 0.6) is 0 Å². The van der Waals surface area contributed by atoms with Gasteiger partial charge >= 0.3 is 0 Å². The van der Waals surface area contributed by atoms with Crippen molar-refractivity contribution < 1.29 is 4.79 Å². The van der Waals surface area contributed by atoms with Crippen molar-refractivity contribution >= 4 is 27.6 Å². The number of carbonyl (C=O) groups is 1. The van der Waals surface area contributed by atoms with Gasteiger partial charge in [0.2, 0.25) is 0 Å². The van der Waals surface area contributed by atoms with Gasteiger partial charge in [0.15, 0.2) is 0 Å². The minimum Gasteiger partial charge on any atom is -0.361 e. The Morgan fingerprint density at radius 2 is 1.90 bits per heavy atom. The van der Waals surface area contributed by atoms with Crippen molar-refractivity contribution in [2.75, 3.05) is 0 Å². The maximum atomic E-state index is 12.9. The number of aromatic amines is 1. The number of fused-ring (bicyclic) bond motifs is 2. The summed E-state index contributed by atoms with van der Waals surface area (Å²) in [5.41, 5.74) is 2.20. The van der Waals surface area contributed by atoms with Gasteiger partial charge in [-0.2, -0.15) is 5.10 Å². The van der Waals surface area contributed by atoms with E-state index in [0.29, 0.717) is 10.9 Å². The molecule has 0 atom stereocenters. The number of aromatic nitrogens is 3. The van der Waals surface area contributed by atoms with Crippen LogP contribution in [0.15, 0.2) is 59.5 Å². The summed E-state index contributed by atoms with van der Waals surface area (Å²) < 4.78 is 1.64. The van der Waals surface area contributed by atoms with E-state index in [1.54, 1.807) is 4.68 Å². The topological polar surface area (TPSA) is 79.8 Å². The Bertz CT molecular complexity index is 1260. The van der Waals surface area contributed by atoms with Gasteiger partial charge in [0, 0.05) is 22.7 Å². The summed E-state index contributed by atoms with van der Waals surface area (Å²) in [5, 5.41) is 10.2. The zero-order valence-electron chi connectivity index (χ0n) is 16.0. The highest BCUT2D eigenvalue weighted by atomic mass is 16.1. The van der Waals surface area contributed by atoms with Crippen LogP contribution in [0.25, 0.3) is 21.7 Å². The first kappa shape index (κ1) is 17.7. The number of hydrogen-bond acceptors (Lipinski definition) is 3. The number of benzene rings is 2. The molecule has 5 rings (SSSR count). The molecule has 29 heavy (non-hydrogen) atoms. The molecule has 1 aliphatic carbocycles. The molecular weight excluding hydrogens is 364 g/mol. The maximum absolute atomic E-state index is 12.9. The van der Waals surface area contributed by atoms with Crippen molar-refractivity contribution in [1.29, 1.82) is 0 Å². The summed E-state index contributed by atoms with van der Waals surface area (Å²) in [5.74, 6) is -0.161. The Labute approximate surface area is 167 Å². The number of carbonyl (C=O) groups excluding carboxylic acids is 1. The molecule has 2 aromatic heterocycles. The molecule has 1 aliphatic rings. The van der Waals surface area contributed by atoms with E-state index in [-0.39, 0.29) is 24.1 Å². The van der Waals surface area contributed by atoms with E-state index in [2.05, 4.69) is 15.4 Å². The Morgan fingerprint density at radius 1 is 1.10 bits per heavy atom. The lowest BCUT2D eigenvalue weighted by Crippen LogP contribution is -2.30. The van der Waals surface area contributed by atoms with Crippen LogP contribution in [-0.2, 0) is 6.54 Å². The number of hydrogen-bond donors (Lipinski definition) is 2. The predicted octanol–water partition coefficient (Wildman–Crippen LogP) is 3.92. The minimum absolute atomic E-state index is 0.0419. The molecule has 0 spiro atoms. The summed E-state index contributed by atoms with van der Waals surface area (Å²) in [6.45, 7) is 0.273. The number of rotatable bonds is 4. The Kier molecular flexibility index (Phi) is 4.39. The van der Waals surface area contributed by atoms with Crippen molar-refractivity contribution in [3.63, 3.8) is 0 Å². The Balaban J connectivity index is 1.46. The summed E-state index contributed by atoms with van der Waals surface area (Å²) in [7, 11) is 0. The third-order valence-corrected chi connectivity index (χ3v) is 5.81. The summed E-state index contributed by atoms with van der Waals surface area (Å²) in [6, 6.07) is 15.2. The van der Waals surface area contributed by atoms with Gasteiger partial charge in [0.1, 0.15) is 0 Å². The zero-order chi connectivity index (χ0) is 19.8. The second kappa shape index (κ2) is 7.20. The van der Waals surface area contributed by atoms with Crippen LogP contribution in [-0.4, -0.2) is 20.7 Å². The van der Waals surface area contributed by atoms with Gasteiger partial charge in [0.25, 0.3) is 11.5 Å². The lowest BCUT2D eigenvalue weighted by atomic mass is 10.1. The van der Waals surface area contributed by atoms with Crippen LogP contribution in [0, 0.1) is 0 Å². The quantitative estimate of drug-likeness (QED) is 0.558. The lowest BCUT2D eigenvalue weighted by Gasteiger charge is -2.16. The first-order chi connectivity index (χ1) is 14.2. The molecule has 0 unspecified atom stereocenters. The molecule has 0 saturated heterocycles. The van der Waals surface area contributed by atoms with E-state index in [1.807, 2.05) is 54.7 Å². The Hall–Kier alpha value is -3.41. The molecule has 6 heteroatoms. The third-order valence-electron chi connectivity index (χ3n) is 5.81. The van der Waals surface area contributed by atoms with Crippen LogP contribution in [0.2, 0.25) is 0 Å². The highest BCUT2D eigenvalue weighted by Crippen LogP contribution is 2.28. The molecule has 1 saturated carbocycles. The number of amides is 1. The first-order valence-electron chi connectivity index (χ1n) is 10.1. The molecule has 0 bridgehead atoms. The van der Waals surface area contributed by atoms with Crippen molar-refractivity contribution in [2.24, 2.45) is 0 Å². The normalized spacial score (nSPS) is 14.6. The van der Waals surface area contributed by atoms with Crippen molar-refractivity contribution in [3.8, 4) is 0 Å². The number of H-pyrrole nitrogens is 1. The molecule has 1 fully saturated rings. The molecule has 2 aromatic carbocycles. The molecule has 0 aliphatic heterocycles. The fourth-order valence-electron chi connectivity index (χ4n) is 4.26. The molecule has 1 amide bonds. The van der Waals surface area contributed by atoms with Crippen molar-refractivity contribution in [1.82, 2.24) is 20.1 Å². The van der Waals surface area contributed by atoms with Gasteiger partial charge < -0.3 is 10.3 Å². The second-order valence-electron chi connectivity index (χ2n) is 7.64. The highest BCUT2D eigenvalue weighted by molar-refractivity contribution is 5.98. The van der Waals surface area contributed by atoms with Crippen LogP contribution < -0.4 is 10.9 Å². The van der Waals surface area contributed by atoms with Crippen molar-refractivity contribution in [2.45, 2.75) is 38.3 Å². The second-order valence-corrected chi connectivity index (χ2v) is 7.64. The molecule has 4 aromatic rings. The van der Waals surface area contributed by atoms with Crippen LogP contribution in [0.4, 0.5) is 0 Å². The fraction of sp³-hybridized carbons (Fsp3) is 0.261. The van der Waals surface area contributed by atoms with E-state index in [1.165, 1.54) is 0 Å². The molecule has 6 nitrogen and oxygen atoms in total. The minimum atomic E-state index is -0.161. The molecule has 2 heterocycles. The van der Waals surface area contributed by atoms with Crippen LogP contribution in [0.1, 0.15) is 47.8 Å². The third kappa shape index (κ3) is 3.20. The lowest BCUT2D eigenvalue weighted by molar-refractivity contribution is 0.0950. The molecule has 0 radical (unpaired) electrons. The maximum Gasteiger partial charge on any atom is 0.274 e. The molecular formula is C23H22N4O2.